The van der Waals surface area contributed by atoms with Crippen LogP contribution in [0.4, 0.5) is 0 Å². The Morgan fingerprint density at radius 3 is 2.21 bits per heavy atom. The standard InChI is InChI=1S/C24H34N4/c1-22(2,3)19-11-10-18(28-19)15-24(6,21-16-25-17-27-21)13-12-23(4,5)20-9-7-8-14-26-20/h7-11,14,16-17,28H,12-13,15H2,1-6H3,(H,25,27). The van der Waals surface area contributed by atoms with Crippen molar-refractivity contribution in [3.05, 3.63) is 71.8 Å². The van der Waals surface area contributed by atoms with Gasteiger partial charge in [-0.05, 0) is 43.5 Å². The molecule has 0 aliphatic carbocycles. The number of imidazole rings is 1. The highest BCUT2D eigenvalue weighted by Gasteiger charge is 2.33. The minimum Gasteiger partial charge on any atom is -0.362 e. The molecule has 1 unspecified atom stereocenters. The van der Waals surface area contributed by atoms with E-state index in [0.717, 1.165) is 30.7 Å². The predicted octanol–water partition coefficient (Wildman–Crippen LogP) is 5.69. The molecule has 0 aromatic carbocycles. The number of nitrogens with one attached hydrogen (secondary N) is 2. The van der Waals surface area contributed by atoms with Crippen molar-refractivity contribution in [1.82, 2.24) is 19.9 Å². The highest BCUT2D eigenvalue weighted by molar-refractivity contribution is 5.24. The van der Waals surface area contributed by atoms with Gasteiger partial charge in [0.1, 0.15) is 0 Å². The number of H-pyrrole nitrogens is 2. The fourth-order valence-corrected chi connectivity index (χ4v) is 3.78. The Labute approximate surface area is 169 Å². The van der Waals surface area contributed by atoms with Crippen LogP contribution in [0.1, 0.15) is 77.2 Å². The number of hydrogen-bond donors (Lipinski definition) is 2. The Bertz CT molecular complexity index is 869. The molecule has 2 N–H and O–H groups in total. The maximum atomic E-state index is 4.63. The van der Waals surface area contributed by atoms with E-state index >= 15 is 0 Å². The molecule has 0 fully saturated rings. The summed E-state index contributed by atoms with van der Waals surface area (Å²) in [6.45, 7) is 13.6. The number of hydrogen-bond acceptors (Lipinski definition) is 2. The van der Waals surface area contributed by atoms with Gasteiger partial charge in [0.15, 0.2) is 0 Å². The van der Waals surface area contributed by atoms with Gasteiger partial charge in [-0.25, -0.2) is 4.98 Å². The Morgan fingerprint density at radius 2 is 1.64 bits per heavy atom. The van der Waals surface area contributed by atoms with E-state index in [-0.39, 0.29) is 16.2 Å². The minimum absolute atomic E-state index is 0.0190. The zero-order chi connectivity index (χ0) is 20.4. The van der Waals surface area contributed by atoms with Crippen LogP contribution >= 0.6 is 0 Å². The summed E-state index contributed by atoms with van der Waals surface area (Å²) >= 11 is 0. The third kappa shape index (κ3) is 4.54. The van der Waals surface area contributed by atoms with Gasteiger partial charge in [0, 0.05) is 45.7 Å². The molecular weight excluding hydrogens is 344 g/mol. The van der Waals surface area contributed by atoms with Crippen molar-refractivity contribution in [2.75, 3.05) is 0 Å². The molecule has 0 aliphatic heterocycles. The van der Waals surface area contributed by atoms with Crippen LogP contribution in [-0.2, 0) is 22.7 Å². The molecule has 3 rings (SSSR count). The second-order valence-electron chi connectivity index (χ2n) is 9.94. The Balaban J connectivity index is 1.82. The Morgan fingerprint density at radius 1 is 0.857 bits per heavy atom. The molecule has 0 bridgehead atoms. The van der Waals surface area contributed by atoms with Crippen LogP contribution in [0.2, 0.25) is 0 Å². The fraction of sp³-hybridized carbons (Fsp3) is 0.500. The number of rotatable bonds is 7. The first-order chi connectivity index (χ1) is 13.1. The van der Waals surface area contributed by atoms with Crippen molar-refractivity contribution >= 4 is 0 Å². The lowest BCUT2D eigenvalue weighted by molar-refractivity contribution is 0.339. The van der Waals surface area contributed by atoms with E-state index in [1.165, 1.54) is 11.4 Å². The Kier molecular flexibility index (Phi) is 5.51. The second kappa shape index (κ2) is 7.57. The summed E-state index contributed by atoms with van der Waals surface area (Å²) in [5.74, 6) is 0. The first kappa shape index (κ1) is 20.4. The van der Waals surface area contributed by atoms with Gasteiger partial charge in [-0.3, -0.25) is 4.98 Å². The molecule has 0 amide bonds. The molecule has 0 aliphatic rings. The molecule has 1 atom stereocenters. The second-order valence-corrected chi connectivity index (χ2v) is 9.94. The van der Waals surface area contributed by atoms with Crippen molar-refractivity contribution in [3.8, 4) is 0 Å². The lowest BCUT2D eigenvalue weighted by Crippen LogP contribution is -2.30. The number of aromatic amines is 2. The third-order valence-electron chi connectivity index (χ3n) is 5.91. The average molecular weight is 379 g/mol. The van der Waals surface area contributed by atoms with E-state index in [1.54, 1.807) is 6.33 Å². The van der Waals surface area contributed by atoms with Gasteiger partial charge in [0.25, 0.3) is 0 Å². The van der Waals surface area contributed by atoms with Crippen molar-refractivity contribution in [3.63, 3.8) is 0 Å². The normalized spacial score (nSPS) is 14.8. The van der Waals surface area contributed by atoms with Gasteiger partial charge < -0.3 is 9.97 Å². The molecular formula is C24H34N4. The van der Waals surface area contributed by atoms with Crippen LogP contribution in [0.15, 0.2) is 49.1 Å². The van der Waals surface area contributed by atoms with Crippen molar-refractivity contribution in [1.29, 1.82) is 0 Å². The minimum atomic E-state index is -0.0495. The highest BCUT2D eigenvalue weighted by Crippen LogP contribution is 2.37. The molecule has 0 saturated heterocycles. The average Bonchev–Trinajstić information content (AvgIpc) is 3.33. The van der Waals surface area contributed by atoms with Gasteiger partial charge >= 0.3 is 0 Å². The zero-order valence-electron chi connectivity index (χ0n) is 18.1. The monoisotopic (exact) mass is 378 g/mol. The molecule has 3 aromatic heterocycles. The molecule has 3 aromatic rings. The zero-order valence-corrected chi connectivity index (χ0v) is 18.1. The van der Waals surface area contributed by atoms with Crippen LogP contribution in [-0.4, -0.2) is 19.9 Å². The van der Waals surface area contributed by atoms with E-state index < -0.39 is 0 Å². The fourth-order valence-electron chi connectivity index (χ4n) is 3.78. The van der Waals surface area contributed by atoms with Crippen molar-refractivity contribution < 1.29 is 0 Å². The summed E-state index contributed by atoms with van der Waals surface area (Å²) in [5.41, 5.74) is 4.91. The molecule has 4 heteroatoms. The van der Waals surface area contributed by atoms with Crippen molar-refractivity contribution in [2.45, 2.75) is 77.0 Å². The lowest BCUT2D eigenvalue weighted by Gasteiger charge is -2.32. The summed E-state index contributed by atoms with van der Waals surface area (Å²) in [6, 6.07) is 10.6. The number of nitrogens with zero attached hydrogens (tertiary/aromatic N) is 2. The summed E-state index contributed by atoms with van der Waals surface area (Å²) in [5, 5.41) is 0. The van der Waals surface area contributed by atoms with Gasteiger partial charge in [-0.15, -0.1) is 0 Å². The Hall–Kier alpha value is -2.36. The maximum absolute atomic E-state index is 4.63. The first-order valence-corrected chi connectivity index (χ1v) is 10.2. The molecule has 0 radical (unpaired) electrons. The van der Waals surface area contributed by atoms with Gasteiger partial charge in [0.05, 0.1) is 12.0 Å². The van der Waals surface area contributed by atoms with Crippen LogP contribution in [0, 0.1) is 0 Å². The van der Waals surface area contributed by atoms with Crippen LogP contribution < -0.4 is 0 Å². The van der Waals surface area contributed by atoms with E-state index in [2.05, 4.69) is 85.7 Å². The first-order valence-electron chi connectivity index (χ1n) is 10.2. The van der Waals surface area contributed by atoms with E-state index in [0.29, 0.717) is 0 Å². The lowest BCUT2D eigenvalue weighted by atomic mass is 9.72. The van der Waals surface area contributed by atoms with Crippen LogP contribution in [0.25, 0.3) is 0 Å². The summed E-state index contributed by atoms with van der Waals surface area (Å²) in [7, 11) is 0. The van der Waals surface area contributed by atoms with Gasteiger partial charge in [0.2, 0.25) is 0 Å². The summed E-state index contributed by atoms with van der Waals surface area (Å²) < 4.78 is 0. The number of aromatic nitrogens is 4. The molecule has 3 heterocycles. The van der Waals surface area contributed by atoms with E-state index in [4.69, 9.17) is 0 Å². The van der Waals surface area contributed by atoms with Gasteiger partial charge in [-0.1, -0.05) is 47.6 Å². The van der Waals surface area contributed by atoms with Crippen LogP contribution in [0.3, 0.4) is 0 Å². The molecule has 0 saturated carbocycles. The largest absolute Gasteiger partial charge is 0.362 e. The molecule has 4 nitrogen and oxygen atoms in total. The SMILES string of the molecule is CC(C)(C)c1ccc(CC(C)(CCC(C)(C)c2ccccn2)c2c[nH]cn2)[nH]1. The summed E-state index contributed by atoms with van der Waals surface area (Å²) in [6.07, 6.45) is 8.73. The highest BCUT2D eigenvalue weighted by atomic mass is 14.9. The van der Waals surface area contributed by atoms with E-state index in [1.807, 2.05) is 18.5 Å². The van der Waals surface area contributed by atoms with Crippen LogP contribution in [0.5, 0.6) is 0 Å². The van der Waals surface area contributed by atoms with Crippen molar-refractivity contribution in [2.24, 2.45) is 0 Å². The topological polar surface area (TPSA) is 57.4 Å². The third-order valence-corrected chi connectivity index (χ3v) is 5.91. The predicted molar refractivity (Wildman–Crippen MR) is 116 cm³/mol. The number of pyridine rings is 1. The van der Waals surface area contributed by atoms with Gasteiger partial charge in [-0.2, -0.15) is 0 Å². The molecule has 28 heavy (non-hydrogen) atoms. The molecule has 150 valence electrons. The van der Waals surface area contributed by atoms with E-state index in [9.17, 15) is 0 Å². The summed E-state index contributed by atoms with van der Waals surface area (Å²) in [4.78, 5) is 16.0. The molecule has 0 spiro atoms. The maximum Gasteiger partial charge on any atom is 0.0923 e. The smallest absolute Gasteiger partial charge is 0.0923 e. The quantitative estimate of drug-likeness (QED) is 0.555.